The molecule has 0 unspecified atom stereocenters. The summed E-state index contributed by atoms with van der Waals surface area (Å²) in [4.78, 5) is 21.1. The Balaban J connectivity index is 1.49. The van der Waals surface area contributed by atoms with Crippen LogP contribution in [0.25, 0.3) is 0 Å². The second kappa shape index (κ2) is 10.9. The SMILES string of the molecule is NC(=O)Cc1ccc(CCc2ncnc(N3CCOC[C@@H]3c3ccc(OC(F)(F)F)cc3)c2F)cc1. The normalized spacial score (nSPS) is 16.1. The number of benzene rings is 2. The van der Waals surface area contributed by atoms with Gasteiger partial charge in [0.15, 0.2) is 11.6 Å². The van der Waals surface area contributed by atoms with Gasteiger partial charge in [-0.15, -0.1) is 13.2 Å². The van der Waals surface area contributed by atoms with Gasteiger partial charge in [0.1, 0.15) is 12.1 Å². The molecule has 2 heterocycles. The van der Waals surface area contributed by atoms with Crippen LogP contribution in [0, 0.1) is 5.82 Å². The maximum absolute atomic E-state index is 15.5. The average Bonchev–Trinajstić information content (AvgIpc) is 2.84. The quantitative estimate of drug-likeness (QED) is 0.468. The molecular weight excluding hydrogens is 480 g/mol. The minimum atomic E-state index is -4.78. The van der Waals surface area contributed by atoms with E-state index in [1.54, 1.807) is 4.90 Å². The first-order chi connectivity index (χ1) is 17.2. The summed E-state index contributed by atoms with van der Waals surface area (Å²) in [6.07, 6.45) is -2.47. The molecule has 2 N–H and O–H groups in total. The van der Waals surface area contributed by atoms with Gasteiger partial charge in [-0.2, -0.15) is 0 Å². The summed E-state index contributed by atoms with van der Waals surface area (Å²) in [6, 6.07) is 12.3. The van der Waals surface area contributed by atoms with Gasteiger partial charge in [0.2, 0.25) is 5.91 Å². The van der Waals surface area contributed by atoms with Gasteiger partial charge in [0.25, 0.3) is 0 Å². The molecule has 7 nitrogen and oxygen atoms in total. The van der Waals surface area contributed by atoms with E-state index in [0.29, 0.717) is 31.6 Å². The van der Waals surface area contributed by atoms with Gasteiger partial charge in [-0.05, 0) is 41.7 Å². The zero-order chi connectivity index (χ0) is 25.7. The van der Waals surface area contributed by atoms with Crippen molar-refractivity contribution in [2.75, 3.05) is 24.7 Å². The average molecular weight is 504 g/mol. The lowest BCUT2D eigenvalue weighted by molar-refractivity contribution is -0.274. The molecule has 1 fully saturated rings. The van der Waals surface area contributed by atoms with Gasteiger partial charge in [-0.3, -0.25) is 4.79 Å². The summed E-state index contributed by atoms with van der Waals surface area (Å²) in [6.45, 7) is 0.915. The molecule has 1 aromatic heterocycles. The van der Waals surface area contributed by atoms with Crippen molar-refractivity contribution in [2.24, 2.45) is 5.73 Å². The Bertz CT molecular complexity index is 1190. The van der Waals surface area contributed by atoms with E-state index in [0.717, 1.165) is 11.1 Å². The minimum absolute atomic E-state index is 0.112. The van der Waals surface area contributed by atoms with Crippen molar-refractivity contribution < 1.29 is 31.8 Å². The number of rotatable bonds is 8. The number of morpholine rings is 1. The predicted octanol–water partition coefficient (Wildman–Crippen LogP) is 3.91. The second-order valence-electron chi connectivity index (χ2n) is 8.32. The Morgan fingerprint density at radius 2 is 1.75 bits per heavy atom. The van der Waals surface area contributed by atoms with Crippen molar-refractivity contribution in [3.05, 3.63) is 83.1 Å². The van der Waals surface area contributed by atoms with Crippen LogP contribution in [-0.4, -0.2) is 42.0 Å². The molecule has 1 atom stereocenters. The number of aromatic nitrogens is 2. The fourth-order valence-corrected chi connectivity index (χ4v) is 4.08. The Kier molecular flexibility index (Phi) is 7.68. The summed E-state index contributed by atoms with van der Waals surface area (Å²) < 4.78 is 62.4. The van der Waals surface area contributed by atoms with Crippen molar-refractivity contribution in [3.8, 4) is 5.75 Å². The summed E-state index contributed by atoms with van der Waals surface area (Å²) in [5.41, 5.74) is 7.86. The first-order valence-corrected chi connectivity index (χ1v) is 11.2. The van der Waals surface area contributed by atoms with Crippen molar-refractivity contribution in [1.82, 2.24) is 9.97 Å². The molecule has 1 saturated heterocycles. The molecule has 3 aromatic rings. The third-order valence-electron chi connectivity index (χ3n) is 5.79. The van der Waals surface area contributed by atoms with E-state index in [1.807, 2.05) is 24.3 Å². The third kappa shape index (κ3) is 6.48. The van der Waals surface area contributed by atoms with Gasteiger partial charge in [-0.25, -0.2) is 14.4 Å². The minimum Gasteiger partial charge on any atom is -0.406 e. The number of carbonyl (C=O) groups is 1. The highest BCUT2D eigenvalue weighted by molar-refractivity contribution is 5.76. The smallest absolute Gasteiger partial charge is 0.406 e. The van der Waals surface area contributed by atoms with Crippen LogP contribution in [-0.2, 0) is 28.8 Å². The lowest BCUT2D eigenvalue weighted by Crippen LogP contribution is -2.40. The molecule has 1 aliphatic rings. The number of ether oxygens (including phenoxy) is 2. The van der Waals surface area contributed by atoms with Crippen LogP contribution in [0.2, 0.25) is 0 Å². The molecule has 1 aliphatic heterocycles. The van der Waals surface area contributed by atoms with E-state index < -0.39 is 24.1 Å². The fourth-order valence-electron chi connectivity index (χ4n) is 4.08. The number of nitrogens with two attached hydrogens (primary N) is 1. The zero-order valence-electron chi connectivity index (χ0n) is 19.2. The van der Waals surface area contributed by atoms with Crippen LogP contribution >= 0.6 is 0 Å². The van der Waals surface area contributed by atoms with Gasteiger partial charge < -0.3 is 20.1 Å². The van der Waals surface area contributed by atoms with Gasteiger partial charge in [-0.1, -0.05) is 36.4 Å². The summed E-state index contributed by atoms with van der Waals surface area (Å²) in [5, 5.41) is 0. The molecule has 0 spiro atoms. The zero-order valence-corrected chi connectivity index (χ0v) is 19.2. The topological polar surface area (TPSA) is 90.6 Å². The largest absolute Gasteiger partial charge is 0.573 e. The number of halogens is 4. The van der Waals surface area contributed by atoms with E-state index in [4.69, 9.17) is 10.5 Å². The number of nitrogens with zero attached hydrogens (tertiary/aromatic N) is 3. The predicted molar refractivity (Wildman–Crippen MR) is 123 cm³/mol. The summed E-state index contributed by atoms with van der Waals surface area (Å²) in [5.74, 6) is -1.19. The first-order valence-electron chi connectivity index (χ1n) is 11.2. The standard InChI is InChI=1S/C25H24F4N4O3/c26-23-20(10-5-16-1-3-17(4-2-16)13-22(30)34)31-15-32-24(23)33-11-12-35-14-21(33)18-6-8-19(9-7-18)36-25(27,28)29/h1-4,6-9,15,21H,5,10-14H2,(H2,30,34)/t21-/m1/s1. The van der Waals surface area contributed by atoms with Crippen molar-refractivity contribution in [1.29, 1.82) is 0 Å². The molecule has 11 heteroatoms. The van der Waals surface area contributed by atoms with Gasteiger partial charge >= 0.3 is 6.36 Å². The van der Waals surface area contributed by atoms with E-state index in [9.17, 15) is 18.0 Å². The Labute approximate surface area is 204 Å². The van der Waals surface area contributed by atoms with E-state index in [1.165, 1.54) is 30.6 Å². The number of aryl methyl sites for hydroxylation is 2. The number of amides is 1. The van der Waals surface area contributed by atoms with Crippen molar-refractivity contribution in [2.45, 2.75) is 31.7 Å². The van der Waals surface area contributed by atoms with Crippen molar-refractivity contribution in [3.63, 3.8) is 0 Å². The molecule has 190 valence electrons. The molecule has 0 aliphatic carbocycles. The molecule has 36 heavy (non-hydrogen) atoms. The number of primary amides is 1. The molecule has 2 aromatic carbocycles. The number of anilines is 1. The summed E-state index contributed by atoms with van der Waals surface area (Å²) in [7, 11) is 0. The van der Waals surface area contributed by atoms with Gasteiger partial charge in [0.05, 0.1) is 31.4 Å². The Hall–Kier alpha value is -3.73. The molecule has 1 amide bonds. The van der Waals surface area contributed by atoms with Gasteiger partial charge in [0, 0.05) is 6.54 Å². The van der Waals surface area contributed by atoms with Crippen LogP contribution in [0.3, 0.4) is 0 Å². The monoisotopic (exact) mass is 504 g/mol. The molecule has 0 saturated carbocycles. The highest BCUT2D eigenvalue weighted by atomic mass is 19.4. The van der Waals surface area contributed by atoms with E-state index >= 15 is 4.39 Å². The highest BCUT2D eigenvalue weighted by Crippen LogP contribution is 2.32. The molecular formula is C25H24F4N4O3. The fraction of sp³-hybridized carbons (Fsp3) is 0.320. The maximum atomic E-state index is 15.5. The Morgan fingerprint density at radius 3 is 2.42 bits per heavy atom. The highest BCUT2D eigenvalue weighted by Gasteiger charge is 2.32. The second-order valence-corrected chi connectivity index (χ2v) is 8.32. The van der Waals surface area contributed by atoms with E-state index in [2.05, 4.69) is 14.7 Å². The lowest BCUT2D eigenvalue weighted by atomic mass is 10.0. The summed E-state index contributed by atoms with van der Waals surface area (Å²) >= 11 is 0. The molecule has 0 radical (unpaired) electrons. The van der Waals surface area contributed by atoms with E-state index in [-0.39, 0.29) is 30.3 Å². The maximum Gasteiger partial charge on any atom is 0.573 e. The van der Waals surface area contributed by atoms with Crippen LogP contribution in [0.15, 0.2) is 54.9 Å². The lowest BCUT2D eigenvalue weighted by Gasteiger charge is -2.37. The molecule has 4 rings (SSSR count). The van der Waals surface area contributed by atoms with Crippen molar-refractivity contribution >= 4 is 11.7 Å². The third-order valence-corrected chi connectivity index (χ3v) is 5.79. The number of carbonyl (C=O) groups excluding carboxylic acids is 1. The molecule has 0 bridgehead atoms. The number of alkyl halides is 3. The first kappa shape index (κ1) is 25.4. The Morgan fingerprint density at radius 1 is 1.06 bits per heavy atom. The van der Waals surface area contributed by atoms with Crippen LogP contribution < -0.4 is 15.4 Å². The number of hydrogen-bond acceptors (Lipinski definition) is 6. The van der Waals surface area contributed by atoms with Crippen LogP contribution in [0.1, 0.15) is 28.4 Å². The van der Waals surface area contributed by atoms with Crippen LogP contribution in [0.4, 0.5) is 23.4 Å². The number of hydrogen-bond donors (Lipinski definition) is 1. The van der Waals surface area contributed by atoms with Crippen LogP contribution in [0.5, 0.6) is 5.75 Å².